The zero-order chi connectivity index (χ0) is 13.0. The number of anilines is 1. The Hall–Kier alpha value is -2.08. The summed E-state index contributed by atoms with van der Waals surface area (Å²) in [5, 5.41) is 10.8. The first-order valence-corrected chi connectivity index (χ1v) is 5.60. The van der Waals surface area contributed by atoms with Crippen molar-refractivity contribution in [2.75, 3.05) is 5.32 Å². The van der Waals surface area contributed by atoms with Crippen molar-refractivity contribution in [3.8, 4) is 0 Å². The molecule has 1 N–H and O–H groups in total. The highest BCUT2D eigenvalue weighted by molar-refractivity contribution is 6.32. The topological polar surface area (TPSA) is 73.0 Å². The molecule has 7 heteroatoms. The van der Waals surface area contributed by atoms with Crippen molar-refractivity contribution >= 4 is 17.3 Å². The molecule has 0 amide bonds. The monoisotopic (exact) mass is 266 g/mol. The van der Waals surface area contributed by atoms with E-state index in [1.54, 1.807) is 12.1 Å². The smallest absolute Gasteiger partial charge is 0.287 e. The Bertz CT molecular complexity index is 592. The van der Waals surface area contributed by atoms with Gasteiger partial charge < -0.3 is 9.84 Å². The SMILES string of the molecule is C=CCn1ncc(NCc2ccon2)c(Cl)c1=O. The summed E-state index contributed by atoms with van der Waals surface area (Å²) in [7, 11) is 0. The largest absolute Gasteiger partial charge is 0.377 e. The molecule has 2 rings (SSSR count). The second-order valence-corrected chi connectivity index (χ2v) is 3.87. The highest BCUT2D eigenvalue weighted by atomic mass is 35.5. The summed E-state index contributed by atoms with van der Waals surface area (Å²) in [5.41, 5.74) is 0.813. The van der Waals surface area contributed by atoms with Gasteiger partial charge in [-0.05, 0) is 0 Å². The van der Waals surface area contributed by atoms with Crippen LogP contribution in [0.4, 0.5) is 5.69 Å². The van der Waals surface area contributed by atoms with Gasteiger partial charge in [-0.1, -0.05) is 22.8 Å². The van der Waals surface area contributed by atoms with Gasteiger partial charge in [0.2, 0.25) is 0 Å². The van der Waals surface area contributed by atoms with E-state index in [0.29, 0.717) is 24.5 Å². The fraction of sp³-hybridized carbons (Fsp3) is 0.182. The number of hydrogen-bond acceptors (Lipinski definition) is 5. The Morgan fingerprint density at radius 1 is 1.61 bits per heavy atom. The van der Waals surface area contributed by atoms with E-state index in [-0.39, 0.29) is 10.6 Å². The molecule has 2 aromatic rings. The first-order chi connectivity index (χ1) is 8.72. The Morgan fingerprint density at radius 3 is 3.11 bits per heavy atom. The molecule has 0 spiro atoms. The molecule has 0 unspecified atom stereocenters. The summed E-state index contributed by atoms with van der Waals surface area (Å²) in [4.78, 5) is 11.8. The molecule has 18 heavy (non-hydrogen) atoms. The minimum Gasteiger partial charge on any atom is -0.377 e. The Labute approximate surface area is 108 Å². The lowest BCUT2D eigenvalue weighted by atomic mass is 10.4. The van der Waals surface area contributed by atoms with Gasteiger partial charge in [0, 0.05) is 6.07 Å². The van der Waals surface area contributed by atoms with E-state index >= 15 is 0 Å². The average molecular weight is 267 g/mol. The van der Waals surface area contributed by atoms with Crippen molar-refractivity contribution in [3.05, 3.63) is 52.3 Å². The molecule has 0 aliphatic heterocycles. The molecule has 0 aliphatic rings. The Morgan fingerprint density at radius 2 is 2.44 bits per heavy atom. The number of hydrogen-bond donors (Lipinski definition) is 1. The standard InChI is InChI=1S/C11H11ClN4O2/c1-2-4-16-11(17)10(12)9(7-14-16)13-6-8-3-5-18-15-8/h2-3,5,7,13H,1,4,6H2. The van der Waals surface area contributed by atoms with Crippen LogP contribution in [-0.2, 0) is 13.1 Å². The molecule has 0 aromatic carbocycles. The van der Waals surface area contributed by atoms with Crippen LogP contribution in [0.15, 0.2) is 40.5 Å². The Balaban J connectivity index is 2.16. The first kappa shape index (κ1) is 12.4. The summed E-state index contributed by atoms with van der Waals surface area (Å²) >= 11 is 5.96. The lowest BCUT2D eigenvalue weighted by Crippen LogP contribution is -2.23. The van der Waals surface area contributed by atoms with Crippen molar-refractivity contribution in [2.45, 2.75) is 13.1 Å². The number of nitrogens with zero attached hydrogens (tertiary/aromatic N) is 3. The quantitative estimate of drug-likeness (QED) is 0.834. The van der Waals surface area contributed by atoms with Crippen LogP contribution in [0.2, 0.25) is 5.02 Å². The maximum absolute atomic E-state index is 11.8. The highest BCUT2D eigenvalue weighted by Gasteiger charge is 2.08. The van der Waals surface area contributed by atoms with Gasteiger partial charge >= 0.3 is 0 Å². The first-order valence-electron chi connectivity index (χ1n) is 5.22. The molecule has 0 fully saturated rings. The van der Waals surface area contributed by atoms with Gasteiger partial charge in [0.05, 0.1) is 25.0 Å². The van der Waals surface area contributed by atoms with Gasteiger partial charge in [-0.25, -0.2) is 4.68 Å². The molecule has 0 aliphatic carbocycles. The number of allylic oxidation sites excluding steroid dienone is 1. The predicted molar refractivity (Wildman–Crippen MR) is 67.5 cm³/mol. The van der Waals surface area contributed by atoms with Crippen molar-refractivity contribution in [2.24, 2.45) is 0 Å². The summed E-state index contributed by atoms with van der Waals surface area (Å²) in [6, 6.07) is 1.72. The van der Waals surface area contributed by atoms with Gasteiger partial charge in [0.1, 0.15) is 17.0 Å². The van der Waals surface area contributed by atoms with Crippen LogP contribution in [0.3, 0.4) is 0 Å². The molecule has 2 aromatic heterocycles. The zero-order valence-electron chi connectivity index (χ0n) is 9.47. The van der Waals surface area contributed by atoms with Crippen LogP contribution in [0.1, 0.15) is 5.69 Å². The maximum Gasteiger partial charge on any atom is 0.287 e. The molecule has 0 saturated carbocycles. The second-order valence-electron chi connectivity index (χ2n) is 3.49. The molecule has 2 heterocycles. The number of nitrogens with one attached hydrogen (secondary N) is 1. The maximum atomic E-state index is 11.8. The number of aromatic nitrogens is 3. The fourth-order valence-electron chi connectivity index (χ4n) is 1.36. The third-order valence-corrected chi connectivity index (χ3v) is 2.60. The molecule has 0 radical (unpaired) electrons. The van der Waals surface area contributed by atoms with Crippen LogP contribution >= 0.6 is 11.6 Å². The van der Waals surface area contributed by atoms with Crippen molar-refractivity contribution in [3.63, 3.8) is 0 Å². The third kappa shape index (κ3) is 2.60. The van der Waals surface area contributed by atoms with Crippen LogP contribution in [0.25, 0.3) is 0 Å². The summed E-state index contributed by atoms with van der Waals surface area (Å²) in [6.45, 7) is 4.27. The molecule has 94 valence electrons. The summed E-state index contributed by atoms with van der Waals surface area (Å²) in [6.07, 6.45) is 4.54. The van der Waals surface area contributed by atoms with Gasteiger partial charge in [-0.15, -0.1) is 6.58 Å². The van der Waals surface area contributed by atoms with Gasteiger partial charge in [0.15, 0.2) is 0 Å². The molecule has 0 saturated heterocycles. The van der Waals surface area contributed by atoms with Crippen molar-refractivity contribution < 1.29 is 4.52 Å². The normalized spacial score (nSPS) is 10.3. The number of halogens is 1. The van der Waals surface area contributed by atoms with Crippen LogP contribution in [0, 0.1) is 0 Å². The lowest BCUT2D eigenvalue weighted by molar-refractivity contribution is 0.412. The van der Waals surface area contributed by atoms with E-state index in [1.807, 2.05) is 0 Å². The molecular formula is C11H11ClN4O2. The summed E-state index contributed by atoms with van der Waals surface area (Å²) in [5.74, 6) is 0. The predicted octanol–water partition coefficient (Wildman–Crippen LogP) is 1.68. The van der Waals surface area contributed by atoms with E-state index in [0.717, 1.165) is 0 Å². The molecule has 0 bridgehead atoms. The van der Waals surface area contributed by atoms with Gasteiger partial charge in [-0.2, -0.15) is 5.10 Å². The average Bonchev–Trinajstić information content (AvgIpc) is 2.87. The van der Waals surface area contributed by atoms with Crippen molar-refractivity contribution in [1.29, 1.82) is 0 Å². The second kappa shape index (κ2) is 5.50. The van der Waals surface area contributed by atoms with Crippen LogP contribution in [-0.4, -0.2) is 14.9 Å². The van der Waals surface area contributed by atoms with E-state index in [1.165, 1.54) is 17.1 Å². The number of rotatable bonds is 5. The molecular weight excluding hydrogens is 256 g/mol. The third-order valence-electron chi connectivity index (χ3n) is 2.24. The molecule has 0 atom stereocenters. The van der Waals surface area contributed by atoms with Crippen LogP contribution in [0.5, 0.6) is 0 Å². The van der Waals surface area contributed by atoms with E-state index < -0.39 is 0 Å². The van der Waals surface area contributed by atoms with Gasteiger partial charge in [0.25, 0.3) is 5.56 Å². The van der Waals surface area contributed by atoms with E-state index in [9.17, 15) is 4.79 Å². The zero-order valence-corrected chi connectivity index (χ0v) is 10.2. The fourth-order valence-corrected chi connectivity index (χ4v) is 1.57. The minimum absolute atomic E-state index is 0.0929. The van der Waals surface area contributed by atoms with Crippen molar-refractivity contribution in [1.82, 2.24) is 14.9 Å². The molecule has 6 nitrogen and oxygen atoms in total. The minimum atomic E-state index is -0.360. The van der Waals surface area contributed by atoms with Gasteiger partial charge in [-0.3, -0.25) is 4.79 Å². The lowest BCUT2D eigenvalue weighted by Gasteiger charge is -2.07. The summed E-state index contributed by atoms with van der Waals surface area (Å²) < 4.78 is 5.93. The highest BCUT2D eigenvalue weighted by Crippen LogP contribution is 2.15. The van der Waals surface area contributed by atoms with Crippen LogP contribution < -0.4 is 10.9 Å². The Kier molecular flexibility index (Phi) is 3.78. The van der Waals surface area contributed by atoms with E-state index in [4.69, 9.17) is 16.1 Å². The van der Waals surface area contributed by atoms with E-state index in [2.05, 4.69) is 22.2 Å².